The molecule has 2 amide bonds. The summed E-state index contributed by atoms with van der Waals surface area (Å²) in [6.07, 6.45) is -9.40. The molecular formula is C80H120N4O26. The second-order valence-electron chi connectivity index (χ2n) is 32.6. The summed E-state index contributed by atoms with van der Waals surface area (Å²) in [4.78, 5) is 120. The number of aromatic hydroxyl groups is 1. The number of ketones is 4. The maximum absolute atomic E-state index is 15.7. The van der Waals surface area contributed by atoms with Gasteiger partial charge in [0.05, 0.1) is 89.3 Å². The smallest absolute Gasteiger partial charge is 0.407 e. The number of benzene rings is 1. The molecule has 0 radical (unpaired) electrons. The summed E-state index contributed by atoms with van der Waals surface area (Å²) in [7, 11) is 7.92. The number of likely N-dealkylation sites (tertiary alicyclic amines) is 1. The van der Waals surface area contributed by atoms with Crippen LogP contribution in [0.5, 0.6) is 11.5 Å². The number of phenols is 1. The van der Waals surface area contributed by atoms with Gasteiger partial charge in [-0.1, -0.05) is 73.6 Å². The number of allylic oxidation sites excluding steroid dienone is 4. The molecule has 4 fully saturated rings. The lowest BCUT2D eigenvalue weighted by Gasteiger charge is -2.50. The monoisotopic (exact) mass is 1550 g/mol. The SMILES string of the molecule is CC[C@H]1OC(=O)[C@H](C)[C@@H](O[C@H]2C[C@@](C)(OC)[C@@H](OC(=O)N[C@@H]3CCN(C4=C5NC(=O)/C(C)=C\C=C\[C@H](C)[C@H](O)[C@@H](C)[C@@H](O)[C@@H](C)[C@H](OC(C)=O)[C@H](C)[C@@H](OC)/C=C/O[C@@]6(C)Oc7c(C)c(O)c(c(c7C6=O)C4=O)C5=O)C3)[C@H](C)O2)[C@H](C)[C@@H](O[C@@H]2O[C@H](C)C[C@H](N(C)C)[C@H]2O)[C@](C)(OC)C[C@@H](C)C(=O)[C@H](C)[C@@H](O)[C@]1(C)O. The van der Waals surface area contributed by atoms with Crippen LogP contribution in [0.15, 0.2) is 47.5 Å². The van der Waals surface area contributed by atoms with Crippen LogP contribution < -0.4 is 15.4 Å². The summed E-state index contributed by atoms with van der Waals surface area (Å²) >= 11 is 0. The van der Waals surface area contributed by atoms with Crippen LogP contribution in [0.3, 0.4) is 0 Å². The molecule has 1 aliphatic carbocycles. The summed E-state index contributed by atoms with van der Waals surface area (Å²) in [5, 5.41) is 76.7. The molecule has 9 rings (SSSR count). The van der Waals surface area contributed by atoms with Gasteiger partial charge in [-0.3, -0.25) is 33.6 Å². The van der Waals surface area contributed by atoms with Gasteiger partial charge in [-0.15, -0.1) is 0 Å². The van der Waals surface area contributed by atoms with Crippen molar-refractivity contribution in [3.05, 3.63) is 69.8 Å². The van der Waals surface area contributed by atoms with E-state index in [4.69, 9.17) is 56.8 Å². The number of alkyl carbamates (subject to hydrolysis) is 1. The third kappa shape index (κ3) is 17.9. The van der Waals surface area contributed by atoms with Crippen LogP contribution in [0.1, 0.15) is 186 Å². The Balaban J connectivity index is 1.10. The fourth-order valence-corrected chi connectivity index (χ4v) is 17.2. The predicted molar refractivity (Wildman–Crippen MR) is 397 cm³/mol. The fourth-order valence-electron chi connectivity index (χ4n) is 17.2. The minimum atomic E-state index is -2.25. The average molecular weight is 1550 g/mol. The van der Waals surface area contributed by atoms with E-state index in [0.29, 0.717) is 6.42 Å². The number of ether oxygens (including phenoxy) is 12. The third-order valence-electron chi connectivity index (χ3n) is 24.2. The number of nitrogens with one attached hydrogen (secondary N) is 2. The third-order valence-corrected chi connectivity index (χ3v) is 24.2. The van der Waals surface area contributed by atoms with E-state index in [1.165, 1.54) is 86.0 Å². The number of carbonyl (C=O) groups excluding carboxylic acids is 8. The van der Waals surface area contributed by atoms with Crippen molar-refractivity contribution in [3.63, 3.8) is 0 Å². The van der Waals surface area contributed by atoms with Crippen molar-refractivity contribution < 1.29 is 126 Å². The van der Waals surface area contributed by atoms with Crippen molar-refractivity contribution in [1.29, 1.82) is 0 Å². The molecule has 0 unspecified atom stereocenters. The number of aliphatic hydroxyl groups excluding tert-OH is 4. The van der Waals surface area contributed by atoms with Gasteiger partial charge in [0.25, 0.3) is 11.7 Å². The number of rotatable bonds is 13. The largest absolute Gasteiger partial charge is 0.507 e. The van der Waals surface area contributed by atoms with Crippen LogP contribution in [0.2, 0.25) is 0 Å². The molecule has 1 aromatic rings. The van der Waals surface area contributed by atoms with Crippen molar-refractivity contribution in [2.24, 2.45) is 47.3 Å². The highest BCUT2D eigenvalue weighted by molar-refractivity contribution is 6.32. The van der Waals surface area contributed by atoms with Gasteiger partial charge in [0.15, 0.2) is 18.7 Å². The number of phenolic OH excluding ortho intramolecular Hbond substituents is 1. The zero-order valence-corrected chi connectivity index (χ0v) is 67.9. The first-order chi connectivity index (χ1) is 51.3. The van der Waals surface area contributed by atoms with Crippen LogP contribution in [0, 0.1) is 54.3 Å². The van der Waals surface area contributed by atoms with E-state index >= 15 is 14.4 Å². The molecule has 4 saturated heterocycles. The van der Waals surface area contributed by atoms with Crippen LogP contribution in [-0.4, -0.2) is 257 Å². The molecular weight excluding hydrogens is 1430 g/mol. The first-order valence-electron chi connectivity index (χ1n) is 38.3. The van der Waals surface area contributed by atoms with E-state index in [1.807, 2.05) is 25.9 Å². The van der Waals surface area contributed by atoms with Gasteiger partial charge < -0.3 is 108 Å². The fraction of sp³-hybridized carbons (Fsp3) is 0.725. The number of hydrogen-bond donors (Lipinski definition) is 8. The molecule has 5 bridgehead atoms. The lowest BCUT2D eigenvalue weighted by molar-refractivity contribution is -0.319. The Morgan fingerprint density at radius 3 is 2.01 bits per heavy atom. The zero-order valence-electron chi connectivity index (χ0n) is 67.9. The highest BCUT2D eigenvalue weighted by Gasteiger charge is 2.58. The second kappa shape index (κ2) is 35.3. The maximum atomic E-state index is 15.7. The van der Waals surface area contributed by atoms with Gasteiger partial charge in [-0.2, -0.15) is 0 Å². The highest BCUT2D eigenvalue weighted by Crippen LogP contribution is 2.50. The van der Waals surface area contributed by atoms with Gasteiger partial charge in [-0.25, -0.2) is 4.79 Å². The lowest BCUT2D eigenvalue weighted by atomic mass is 9.74. The first-order valence-corrected chi connectivity index (χ1v) is 38.3. The van der Waals surface area contributed by atoms with Gasteiger partial charge >= 0.3 is 23.8 Å². The van der Waals surface area contributed by atoms with Crippen molar-refractivity contribution in [2.45, 2.75) is 277 Å². The number of methoxy groups -OCH3 is 3. The Hall–Kier alpha value is -6.78. The minimum Gasteiger partial charge on any atom is -0.507 e. The quantitative estimate of drug-likeness (QED) is 0.0802. The molecule has 616 valence electrons. The number of carbonyl (C=O) groups is 8. The normalized spacial score (nSPS) is 41.3. The van der Waals surface area contributed by atoms with Crippen molar-refractivity contribution >= 4 is 47.1 Å². The van der Waals surface area contributed by atoms with Crippen molar-refractivity contribution in [3.8, 4) is 11.5 Å². The number of amides is 2. The van der Waals surface area contributed by atoms with Crippen LogP contribution in [0.4, 0.5) is 4.79 Å². The molecule has 110 heavy (non-hydrogen) atoms. The van der Waals surface area contributed by atoms with Gasteiger partial charge in [0.2, 0.25) is 11.6 Å². The van der Waals surface area contributed by atoms with E-state index in [-0.39, 0.29) is 67.5 Å². The standard InChI is InChI=1S/C80H120N4O26/c1-24-52-79(17,98)69(93)44(10)60(87)38(4)33-77(15,100-22)71(108-75-63(90)50(83(19)20)32-39(5)103-75)45(11)67(46(12)74(96)106-52)107-53-34-78(16,101-23)72(47(13)104-53)109-76(97)81-49-28-30-84(35-49)58-57-64(91)55-54(65(58)92)56-68(43(9)62(55)89)110-80(18,70(56)94)102-31-29-51(99-21)40(6)66(105-48(14)85)42(8)61(88)41(7)59(86)36(2)26-25-27-37(3)73(95)82-57/h25-27,29,31,36,38-42,44-47,49-53,59,61,63,66-67,69,71-72,75,86,88-90,93,98H,24,28,30,32-35H2,1-23H3,(H,81,97)(H,82,95)/b26-25+,31-29+,37-27-/t36-,38+,39+,40+,41+,42+,44-,45-,46+,47-,49+,50-,51-,52+,53-,59-,61+,63+,66+,67-,69+,71+,72-,75-,77+,78+,79+,80-/m0/s1. The molecule has 8 aliphatic rings. The molecule has 0 spiro atoms. The highest BCUT2D eigenvalue weighted by atomic mass is 16.7. The molecule has 7 aliphatic heterocycles. The lowest BCUT2D eigenvalue weighted by Crippen LogP contribution is -2.62. The Bertz CT molecular complexity index is 3710. The summed E-state index contributed by atoms with van der Waals surface area (Å²) in [5.41, 5.74) is -7.53. The Labute approximate surface area is 645 Å². The summed E-state index contributed by atoms with van der Waals surface area (Å²) in [6, 6.07) is -1.25. The van der Waals surface area contributed by atoms with E-state index in [2.05, 4.69) is 10.6 Å². The van der Waals surface area contributed by atoms with Crippen LogP contribution >= 0.6 is 0 Å². The Morgan fingerprint density at radius 1 is 0.755 bits per heavy atom. The number of nitrogens with zero attached hydrogens (tertiary/aromatic N) is 2. The molecule has 0 saturated carbocycles. The van der Waals surface area contributed by atoms with E-state index in [1.54, 1.807) is 82.2 Å². The number of likely N-dealkylation sites (N-methyl/N-ethyl adjacent to an activating group) is 1. The summed E-state index contributed by atoms with van der Waals surface area (Å²) in [6.45, 7) is 28.2. The number of fused-ring (bicyclic) bond motifs is 14. The number of hydrogen-bond acceptors (Lipinski definition) is 28. The van der Waals surface area contributed by atoms with Crippen LogP contribution in [0.25, 0.3) is 0 Å². The van der Waals surface area contributed by atoms with E-state index < -0.39 is 237 Å². The van der Waals surface area contributed by atoms with Gasteiger partial charge in [0.1, 0.15) is 58.2 Å². The Kier molecular flexibility index (Phi) is 28.5. The van der Waals surface area contributed by atoms with Gasteiger partial charge in [-0.05, 0) is 101 Å². The topological polar surface area (TPSA) is 399 Å². The molecule has 8 N–H and O–H groups in total. The van der Waals surface area contributed by atoms with E-state index in [9.17, 15) is 54.6 Å². The van der Waals surface area contributed by atoms with Crippen molar-refractivity contribution in [2.75, 3.05) is 48.5 Å². The number of aliphatic hydroxyl groups is 5. The molecule has 0 aromatic heterocycles. The average Bonchev–Trinajstić information content (AvgIpc) is 1.49. The molecule has 30 heteroatoms. The summed E-state index contributed by atoms with van der Waals surface area (Å²) in [5.74, 6) is -15.9. The second-order valence-corrected chi connectivity index (χ2v) is 32.6. The van der Waals surface area contributed by atoms with E-state index in [0.717, 1.165) is 6.26 Å². The van der Waals surface area contributed by atoms with Crippen LogP contribution in [-0.2, 0) is 71.3 Å². The molecule has 1 aromatic carbocycles. The predicted octanol–water partition coefficient (Wildman–Crippen LogP) is 6.22. The zero-order chi connectivity index (χ0) is 82.2. The summed E-state index contributed by atoms with van der Waals surface area (Å²) < 4.78 is 75.9. The Morgan fingerprint density at radius 2 is 1.40 bits per heavy atom. The van der Waals surface area contributed by atoms with Crippen molar-refractivity contribution in [1.82, 2.24) is 20.4 Å². The first kappa shape index (κ1) is 88.8. The molecule has 30 nitrogen and oxygen atoms in total. The molecule has 7 heterocycles. The minimum absolute atomic E-state index is 0.0173. The number of cyclic esters (lactones) is 1. The number of esters is 2. The maximum Gasteiger partial charge on any atom is 0.407 e. The van der Waals surface area contributed by atoms with Gasteiger partial charge in [0, 0.05) is 113 Å². The molecule has 28 atom stereocenters. The number of Topliss-reactive ketones (excluding diaryl/α,β-unsaturated/α-hetero) is 4.